The number of rotatable bonds is 3. The standard InChI is InChI=1S/C17H22N6O2/c1-7-8-9-22-15(24)13-14(21(6)17(22)25)18-16(20(13)5)23-12(4)10(2)11(3)19-23/h7-8H,9H2,1-6H3. The van der Waals surface area contributed by atoms with Crippen LogP contribution in [0.15, 0.2) is 21.7 Å². The third kappa shape index (κ3) is 2.36. The van der Waals surface area contributed by atoms with Gasteiger partial charge in [-0.2, -0.15) is 10.1 Å². The zero-order valence-corrected chi connectivity index (χ0v) is 15.4. The van der Waals surface area contributed by atoms with Crippen molar-refractivity contribution in [2.24, 2.45) is 14.1 Å². The Labute approximate surface area is 144 Å². The average molecular weight is 342 g/mol. The van der Waals surface area contributed by atoms with Gasteiger partial charge in [-0.15, -0.1) is 0 Å². The normalized spacial score (nSPS) is 11.9. The van der Waals surface area contributed by atoms with Gasteiger partial charge in [0.15, 0.2) is 11.2 Å². The Morgan fingerprint density at radius 2 is 1.76 bits per heavy atom. The molecular weight excluding hydrogens is 320 g/mol. The molecule has 0 saturated carbocycles. The zero-order valence-electron chi connectivity index (χ0n) is 15.4. The van der Waals surface area contributed by atoms with Gasteiger partial charge in [0.05, 0.1) is 5.69 Å². The van der Waals surface area contributed by atoms with Crippen molar-refractivity contribution >= 4 is 11.2 Å². The Bertz CT molecular complexity index is 1120. The van der Waals surface area contributed by atoms with Crippen LogP contribution in [-0.2, 0) is 20.6 Å². The minimum Gasteiger partial charge on any atom is -0.306 e. The van der Waals surface area contributed by atoms with Crippen LogP contribution in [0.5, 0.6) is 0 Å². The van der Waals surface area contributed by atoms with E-state index in [0.717, 1.165) is 17.0 Å². The number of aryl methyl sites for hydroxylation is 3. The molecule has 3 aromatic rings. The highest BCUT2D eigenvalue weighted by Crippen LogP contribution is 2.18. The summed E-state index contributed by atoms with van der Waals surface area (Å²) < 4.78 is 6.02. The summed E-state index contributed by atoms with van der Waals surface area (Å²) in [6.07, 6.45) is 3.58. The predicted molar refractivity (Wildman–Crippen MR) is 96.4 cm³/mol. The molecule has 0 aromatic carbocycles. The maximum Gasteiger partial charge on any atom is 0.332 e. The van der Waals surface area contributed by atoms with Gasteiger partial charge < -0.3 is 4.57 Å². The first kappa shape index (κ1) is 16.9. The predicted octanol–water partition coefficient (Wildman–Crippen LogP) is 1.12. The maximum atomic E-state index is 12.9. The molecule has 0 N–H and O–H groups in total. The lowest BCUT2D eigenvalue weighted by Crippen LogP contribution is -2.39. The molecule has 3 rings (SSSR count). The Kier molecular flexibility index (Phi) is 3.98. The third-order valence-electron chi connectivity index (χ3n) is 4.70. The fourth-order valence-electron chi connectivity index (χ4n) is 2.91. The summed E-state index contributed by atoms with van der Waals surface area (Å²) in [6.45, 7) is 7.97. The lowest BCUT2D eigenvalue weighted by atomic mass is 10.2. The monoisotopic (exact) mass is 342 g/mol. The molecule has 0 saturated heterocycles. The molecule has 0 amide bonds. The van der Waals surface area contributed by atoms with E-state index in [1.807, 2.05) is 33.8 Å². The second-order valence-electron chi connectivity index (χ2n) is 6.18. The molecule has 0 aliphatic heterocycles. The first-order chi connectivity index (χ1) is 11.8. The number of imidazole rings is 1. The van der Waals surface area contributed by atoms with E-state index in [-0.39, 0.29) is 17.8 Å². The molecule has 8 heteroatoms. The topological polar surface area (TPSA) is 79.6 Å². The van der Waals surface area contributed by atoms with Crippen LogP contribution < -0.4 is 11.2 Å². The molecule has 25 heavy (non-hydrogen) atoms. The van der Waals surface area contributed by atoms with Gasteiger partial charge in [0.25, 0.3) is 5.56 Å². The summed E-state index contributed by atoms with van der Waals surface area (Å²) in [5.74, 6) is 0.514. The maximum absolute atomic E-state index is 12.9. The van der Waals surface area contributed by atoms with Gasteiger partial charge in [0, 0.05) is 26.3 Å². The van der Waals surface area contributed by atoms with Gasteiger partial charge in [-0.3, -0.25) is 13.9 Å². The van der Waals surface area contributed by atoms with E-state index in [1.54, 1.807) is 29.4 Å². The lowest BCUT2D eigenvalue weighted by molar-refractivity contribution is 0.664. The molecule has 3 aromatic heterocycles. The second-order valence-corrected chi connectivity index (χ2v) is 6.18. The highest BCUT2D eigenvalue weighted by Gasteiger charge is 2.21. The Morgan fingerprint density at radius 3 is 2.32 bits per heavy atom. The molecule has 0 unspecified atom stereocenters. The minimum absolute atomic E-state index is 0.234. The summed E-state index contributed by atoms with van der Waals surface area (Å²) >= 11 is 0. The second kappa shape index (κ2) is 5.87. The molecule has 0 bridgehead atoms. The van der Waals surface area contributed by atoms with Gasteiger partial charge in [0.2, 0.25) is 5.95 Å². The SMILES string of the molecule is CC=CCn1c(=O)c2c(nc(-n3nc(C)c(C)c3C)n2C)n(C)c1=O. The molecule has 0 radical (unpaired) electrons. The van der Waals surface area contributed by atoms with Crippen molar-refractivity contribution in [3.63, 3.8) is 0 Å². The smallest absolute Gasteiger partial charge is 0.306 e. The summed E-state index contributed by atoms with van der Waals surface area (Å²) in [6, 6.07) is 0. The van der Waals surface area contributed by atoms with Crippen molar-refractivity contribution in [3.05, 3.63) is 49.9 Å². The molecular formula is C17H22N6O2. The fraction of sp³-hybridized carbons (Fsp3) is 0.412. The Morgan fingerprint density at radius 1 is 1.08 bits per heavy atom. The molecule has 0 aliphatic rings. The van der Waals surface area contributed by atoms with Gasteiger partial charge in [-0.1, -0.05) is 12.2 Å². The first-order valence-electron chi connectivity index (χ1n) is 8.10. The van der Waals surface area contributed by atoms with Crippen LogP contribution in [0.3, 0.4) is 0 Å². The van der Waals surface area contributed by atoms with Crippen LogP contribution in [-0.4, -0.2) is 28.5 Å². The number of hydrogen-bond donors (Lipinski definition) is 0. The molecule has 3 heterocycles. The number of fused-ring (bicyclic) bond motifs is 1. The first-order valence-corrected chi connectivity index (χ1v) is 8.10. The molecule has 0 fully saturated rings. The quantitative estimate of drug-likeness (QED) is 0.668. The van der Waals surface area contributed by atoms with E-state index >= 15 is 0 Å². The summed E-state index contributed by atoms with van der Waals surface area (Å²) in [7, 11) is 3.39. The van der Waals surface area contributed by atoms with Crippen molar-refractivity contribution < 1.29 is 0 Å². The van der Waals surface area contributed by atoms with E-state index in [0.29, 0.717) is 17.1 Å². The number of nitrogens with zero attached hydrogens (tertiary/aromatic N) is 6. The van der Waals surface area contributed by atoms with Gasteiger partial charge in [0.1, 0.15) is 0 Å². The molecule has 0 aliphatic carbocycles. The highest BCUT2D eigenvalue weighted by molar-refractivity contribution is 5.72. The molecule has 8 nitrogen and oxygen atoms in total. The largest absolute Gasteiger partial charge is 0.332 e. The number of aromatic nitrogens is 6. The van der Waals surface area contributed by atoms with E-state index in [1.165, 1.54) is 9.13 Å². The van der Waals surface area contributed by atoms with Gasteiger partial charge in [-0.25, -0.2) is 9.48 Å². The van der Waals surface area contributed by atoms with Gasteiger partial charge in [-0.05, 0) is 33.3 Å². The van der Waals surface area contributed by atoms with Crippen LogP contribution in [0.25, 0.3) is 17.1 Å². The average Bonchev–Trinajstić information content (AvgIpc) is 3.05. The minimum atomic E-state index is -0.384. The Hall–Kier alpha value is -2.90. The van der Waals surface area contributed by atoms with Crippen molar-refractivity contribution in [3.8, 4) is 5.95 Å². The van der Waals surface area contributed by atoms with Crippen LogP contribution in [0.4, 0.5) is 0 Å². The van der Waals surface area contributed by atoms with Crippen LogP contribution in [0.1, 0.15) is 23.9 Å². The fourth-order valence-corrected chi connectivity index (χ4v) is 2.91. The van der Waals surface area contributed by atoms with E-state index in [4.69, 9.17) is 0 Å². The van der Waals surface area contributed by atoms with Crippen molar-refractivity contribution in [2.45, 2.75) is 34.2 Å². The van der Waals surface area contributed by atoms with Crippen LogP contribution in [0.2, 0.25) is 0 Å². The summed E-state index contributed by atoms with van der Waals surface area (Å²) in [5.41, 5.74) is 2.94. The Balaban J connectivity index is 2.39. The van der Waals surface area contributed by atoms with Crippen molar-refractivity contribution in [2.75, 3.05) is 0 Å². The summed E-state index contributed by atoms with van der Waals surface area (Å²) in [5, 5.41) is 4.52. The highest BCUT2D eigenvalue weighted by atomic mass is 16.2. The van der Waals surface area contributed by atoms with E-state index in [9.17, 15) is 9.59 Å². The number of hydrogen-bond acceptors (Lipinski definition) is 4. The van der Waals surface area contributed by atoms with E-state index < -0.39 is 0 Å². The molecule has 0 spiro atoms. The van der Waals surface area contributed by atoms with E-state index in [2.05, 4.69) is 10.1 Å². The number of allylic oxidation sites excluding steroid dienone is 2. The van der Waals surface area contributed by atoms with Crippen molar-refractivity contribution in [1.82, 2.24) is 28.5 Å². The molecule has 132 valence electrons. The van der Waals surface area contributed by atoms with Crippen molar-refractivity contribution in [1.29, 1.82) is 0 Å². The van der Waals surface area contributed by atoms with Crippen LogP contribution >= 0.6 is 0 Å². The lowest BCUT2D eigenvalue weighted by Gasteiger charge is -2.06. The third-order valence-corrected chi connectivity index (χ3v) is 4.70. The summed E-state index contributed by atoms with van der Waals surface area (Å²) in [4.78, 5) is 29.9. The van der Waals surface area contributed by atoms with Crippen LogP contribution in [0, 0.1) is 20.8 Å². The zero-order chi connectivity index (χ0) is 18.5. The molecule has 0 atom stereocenters. The van der Waals surface area contributed by atoms with Gasteiger partial charge >= 0.3 is 5.69 Å².